The van der Waals surface area contributed by atoms with Crippen molar-refractivity contribution in [1.82, 2.24) is 20.2 Å². The second kappa shape index (κ2) is 6.29. The molecule has 1 aliphatic heterocycles. The van der Waals surface area contributed by atoms with Crippen LogP contribution >= 0.6 is 11.8 Å². The number of fused-ring (bicyclic) bond motifs is 1. The van der Waals surface area contributed by atoms with Crippen LogP contribution in [0.2, 0.25) is 0 Å². The summed E-state index contributed by atoms with van der Waals surface area (Å²) in [4.78, 5) is 21.5. The van der Waals surface area contributed by atoms with Gasteiger partial charge in [-0.2, -0.15) is 0 Å². The fourth-order valence-electron chi connectivity index (χ4n) is 2.86. The monoisotopic (exact) mass is 350 g/mol. The molecule has 6 heteroatoms. The molecule has 0 spiro atoms. The van der Waals surface area contributed by atoms with Crippen molar-refractivity contribution in [2.75, 3.05) is 14.1 Å². The Morgan fingerprint density at radius 3 is 2.76 bits per heavy atom. The van der Waals surface area contributed by atoms with E-state index in [0.717, 1.165) is 33.4 Å². The van der Waals surface area contributed by atoms with Gasteiger partial charge in [0, 0.05) is 43.0 Å². The zero-order chi connectivity index (χ0) is 17.4. The molecular formula is C19H18N4OS. The van der Waals surface area contributed by atoms with Gasteiger partial charge in [0.1, 0.15) is 5.65 Å². The van der Waals surface area contributed by atoms with Gasteiger partial charge in [-0.3, -0.25) is 4.79 Å². The quantitative estimate of drug-likeness (QED) is 0.761. The van der Waals surface area contributed by atoms with Crippen molar-refractivity contribution in [3.8, 4) is 11.1 Å². The highest BCUT2D eigenvalue weighted by Gasteiger charge is 2.27. The number of hydrogen-bond acceptors (Lipinski definition) is 4. The third-order valence-electron chi connectivity index (χ3n) is 4.20. The van der Waals surface area contributed by atoms with Crippen molar-refractivity contribution >= 4 is 34.4 Å². The summed E-state index contributed by atoms with van der Waals surface area (Å²) in [5, 5.41) is 6.08. The van der Waals surface area contributed by atoms with Crippen LogP contribution in [0.4, 0.5) is 0 Å². The average Bonchev–Trinajstić information content (AvgIpc) is 3.27. The standard InChI is InChI=1S/C19H18N4OS/c1-23(2)19(24)18-22-16(11-25-18)15-10-21-17-14(15)8-13(9-20-17)12-6-4-3-5-7-12/h3-11,18,22H,1-2H3,(H,20,21). The van der Waals surface area contributed by atoms with Gasteiger partial charge in [0.05, 0.1) is 5.70 Å². The summed E-state index contributed by atoms with van der Waals surface area (Å²) >= 11 is 1.50. The highest BCUT2D eigenvalue weighted by atomic mass is 32.2. The van der Waals surface area contributed by atoms with Gasteiger partial charge in [0.2, 0.25) is 0 Å². The van der Waals surface area contributed by atoms with Crippen molar-refractivity contribution in [3.63, 3.8) is 0 Å². The Balaban J connectivity index is 1.68. The Morgan fingerprint density at radius 2 is 2.00 bits per heavy atom. The highest BCUT2D eigenvalue weighted by Crippen LogP contribution is 2.33. The number of H-pyrrole nitrogens is 1. The lowest BCUT2D eigenvalue weighted by atomic mass is 10.1. The molecule has 0 aliphatic carbocycles. The number of nitrogens with zero attached hydrogens (tertiary/aromatic N) is 2. The van der Waals surface area contributed by atoms with E-state index in [2.05, 4.69) is 33.5 Å². The second-order valence-corrected chi connectivity index (χ2v) is 7.09. The molecule has 1 aromatic carbocycles. The zero-order valence-electron chi connectivity index (χ0n) is 14.0. The van der Waals surface area contributed by atoms with E-state index in [1.54, 1.807) is 19.0 Å². The van der Waals surface area contributed by atoms with Gasteiger partial charge < -0.3 is 15.2 Å². The third-order valence-corrected chi connectivity index (χ3v) is 5.17. The van der Waals surface area contributed by atoms with Crippen LogP contribution in [-0.2, 0) is 4.79 Å². The van der Waals surface area contributed by atoms with E-state index < -0.39 is 0 Å². The summed E-state index contributed by atoms with van der Waals surface area (Å²) in [5.74, 6) is 0.0548. The summed E-state index contributed by atoms with van der Waals surface area (Å²) in [7, 11) is 3.54. The van der Waals surface area contributed by atoms with Crippen molar-refractivity contribution in [3.05, 3.63) is 59.8 Å². The fraction of sp³-hybridized carbons (Fsp3) is 0.158. The minimum atomic E-state index is -0.278. The number of thioether (sulfide) groups is 1. The van der Waals surface area contributed by atoms with Crippen LogP contribution in [-0.4, -0.2) is 40.2 Å². The summed E-state index contributed by atoms with van der Waals surface area (Å²) in [6.45, 7) is 0. The molecule has 4 rings (SSSR count). The van der Waals surface area contributed by atoms with Crippen LogP contribution in [0, 0.1) is 0 Å². The second-order valence-electron chi connectivity index (χ2n) is 6.11. The lowest BCUT2D eigenvalue weighted by Crippen LogP contribution is -2.38. The minimum absolute atomic E-state index is 0.0548. The van der Waals surface area contributed by atoms with Gasteiger partial charge in [-0.25, -0.2) is 4.98 Å². The number of carbonyl (C=O) groups is 1. The summed E-state index contributed by atoms with van der Waals surface area (Å²) in [6, 6.07) is 12.3. The normalized spacial score (nSPS) is 16.6. The van der Waals surface area contributed by atoms with Gasteiger partial charge in [-0.1, -0.05) is 42.1 Å². The first-order chi connectivity index (χ1) is 12.1. The van der Waals surface area contributed by atoms with Crippen molar-refractivity contribution in [1.29, 1.82) is 0 Å². The van der Waals surface area contributed by atoms with Crippen molar-refractivity contribution < 1.29 is 4.79 Å². The largest absolute Gasteiger partial charge is 0.364 e. The number of amides is 1. The number of carbonyl (C=O) groups excluding carboxylic acids is 1. The van der Waals surface area contributed by atoms with Gasteiger partial charge >= 0.3 is 0 Å². The smallest absolute Gasteiger partial charge is 0.255 e. The molecule has 2 aromatic heterocycles. The molecule has 5 nitrogen and oxygen atoms in total. The Morgan fingerprint density at radius 1 is 1.20 bits per heavy atom. The highest BCUT2D eigenvalue weighted by molar-refractivity contribution is 8.03. The number of likely N-dealkylation sites (N-methyl/N-ethyl adjacent to an activating group) is 1. The van der Waals surface area contributed by atoms with Crippen LogP contribution in [0.1, 0.15) is 5.56 Å². The first kappa shape index (κ1) is 15.8. The van der Waals surface area contributed by atoms with Crippen molar-refractivity contribution in [2.45, 2.75) is 5.37 Å². The number of pyridine rings is 1. The molecule has 3 heterocycles. The lowest BCUT2D eigenvalue weighted by molar-refractivity contribution is -0.128. The van der Waals surface area contributed by atoms with Crippen LogP contribution in [0.25, 0.3) is 27.9 Å². The molecule has 0 saturated carbocycles. The molecule has 0 bridgehead atoms. The Kier molecular flexibility index (Phi) is 3.97. The maximum Gasteiger partial charge on any atom is 0.255 e. The van der Waals surface area contributed by atoms with E-state index >= 15 is 0 Å². The van der Waals surface area contributed by atoms with Crippen LogP contribution in [0.5, 0.6) is 0 Å². The predicted molar refractivity (Wildman–Crippen MR) is 103 cm³/mol. The summed E-state index contributed by atoms with van der Waals surface area (Å²) < 4.78 is 0. The van der Waals surface area contributed by atoms with Gasteiger partial charge in [0.25, 0.3) is 5.91 Å². The number of aromatic nitrogens is 2. The maximum absolute atomic E-state index is 12.2. The van der Waals surface area contributed by atoms with E-state index in [0.29, 0.717) is 0 Å². The third kappa shape index (κ3) is 2.89. The molecule has 1 amide bonds. The van der Waals surface area contributed by atoms with Crippen LogP contribution < -0.4 is 5.32 Å². The first-order valence-electron chi connectivity index (χ1n) is 8.00. The molecule has 0 radical (unpaired) electrons. The number of nitrogens with one attached hydrogen (secondary N) is 2. The van der Waals surface area contributed by atoms with E-state index in [4.69, 9.17) is 0 Å². The summed E-state index contributed by atoms with van der Waals surface area (Å²) in [5.41, 5.74) is 5.02. The topological polar surface area (TPSA) is 61.0 Å². The zero-order valence-corrected chi connectivity index (χ0v) is 14.8. The number of hydrogen-bond donors (Lipinski definition) is 2. The Labute approximate surface area is 150 Å². The molecule has 0 saturated heterocycles. The van der Waals surface area contributed by atoms with E-state index in [9.17, 15) is 4.79 Å². The SMILES string of the molecule is CN(C)C(=O)C1NC(c2c[nH]c3ncc(-c4ccccc4)cc23)=CS1. The van der Waals surface area contributed by atoms with E-state index in [-0.39, 0.29) is 11.3 Å². The van der Waals surface area contributed by atoms with Crippen molar-refractivity contribution in [2.24, 2.45) is 0 Å². The molecule has 1 atom stereocenters. The molecule has 2 N–H and O–H groups in total. The van der Waals surface area contributed by atoms with Crippen LogP contribution in [0.15, 0.2) is 54.2 Å². The molecule has 126 valence electrons. The molecule has 1 aliphatic rings. The average molecular weight is 350 g/mol. The summed E-state index contributed by atoms with van der Waals surface area (Å²) in [6.07, 6.45) is 3.82. The molecule has 25 heavy (non-hydrogen) atoms. The number of rotatable bonds is 3. The number of benzene rings is 1. The molecule has 0 fully saturated rings. The van der Waals surface area contributed by atoms with E-state index in [1.807, 2.05) is 36.0 Å². The Hall–Kier alpha value is -2.73. The lowest BCUT2D eigenvalue weighted by Gasteiger charge is -2.17. The molecular weight excluding hydrogens is 332 g/mol. The van der Waals surface area contributed by atoms with Gasteiger partial charge in [0.15, 0.2) is 5.37 Å². The predicted octanol–water partition coefficient (Wildman–Crippen LogP) is 3.28. The van der Waals surface area contributed by atoms with Crippen LogP contribution in [0.3, 0.4) is 0 Å². The fourth-order valence-corrected chi connectivity index (χ4v) is 3.85. The number of aromatic amines is 1. The first-order valence-corrected chi connectivity index (χ1v) is 8.94. The van der Waals surface area contributed by atoms with Gasteiger partial charge in [-0.15, -0.1) is 0 Å². The minimum Gasteiger partial charge on any atom is -0.364 e. The van der Waals surface area contributed by atoms with Gasteiger partial charge in [-0.05, 0) is 17.0 Å². The van der Waals surface area contributed by atoms with E-state index in [1.165, 1.54) is 11.8 Å². The molecule has 1 unspecified atom stereocenters. The maximum atomic E-state index is 12.2. The Bertz CT molecular complexity index is 962. The molecule has 3 aromatic rings.